The van der Waals surface area contributed by atoms with Crippen LogP contribution in [0.3, 0.4) is 0 Å². The van der Waals surface area contributed by atoms with Crippen molar-refractivity contribution >= 4 is 22.5 Å². The fraction of sp³-hybridized carbons (Fsp3) is 0.500. The molecule has 25 heavy (non-hydrogen) atoms. The van der Waals surface area contributed by atoms with Crippen molar-refractivity contribution in [3.05, 3.63) is 36.5 Å². The molecule has 0 radical (unpaired) electrons. The number of carbonyl (C=O) groups is 1. The van der Waals surface area contributed by atoms with Gasteiger partial charge >= 0.3 is 0 Å². The zero-order valence-corrected chi connectivity index (χ0v) is 15.4. The molecule has 1 aliphatic rings. The summed E-state index contributed by atoms with van der Waals surface area (Å²) in [5.74, 6) is 0.235. The van der Waals surface area contributed by atoms with Crippen LogP contribution in [0.25, 0.3) is 10.9 Å². The number of carbonyl (C=O) groups excluding carboxylic acids is 1. The van der Waals surface area contributed by atoms with E-state index in [1.807, 2.05) is 30.3 Å². The Labute approximate surface area is 149 Å². The molecule has 1 saturated heterocycles. The number of hydrogen-bond acceptors (Lipinski definition) is 4. The van der Waals surface area contributed by atoms with Gasteiger partial charge in [-0.25, -0.2) is 0 Å². The number of anilines is 1. The summed E-state index contributed by atoms with van der Waals surface area (Å²) < 4.78 is 5.81. The standard InChI is InChI=1S/C20H27N3O2/c1-13(2)19(23-11-14(3)25-15(4)12-23)20(24)22-17-9-16-7-5-6-8-18(16)21-10-17/h5-10,13-15,19H,11-12H2,1-4H3,(H,22,24)/t14-,15+,19-/m1/s1. The Morgan fingerprint density at radius 1 is 1.24 bits per heavy atom. The minimum absolute atomic E-state index is 0.0216. The monoisotopic (exact) mass is 341 g/mol. The molecule has 0 unspecified atom stereocenters. The summed E-state index contributed by atoms with van der Waals surface area (Å²) >= 11 is 0. The highest BCUT2D eigenvalue weighted by Gasteiger charge is 2.34. The predicted molar refractivity (Wildman–Crippen MR) is 101 cm³/mol. The number of morpholine rings is 1. The highest BCUT2D eigenvalue weighted by atomic mass is 16.5. The Hall–Kier alpha value is -1.98. The van der Waals surface area contributed by atoms with Gasteiger partial charge in [-0.2, -0.15) is 0 Å². The van der Waals surface area contributed by atoms with Gasteiger partial charge in [-0.15, -0.1) is 0 Å². The third-order valence-corrected chi connectivity index (χ3v) is 4.60. The first-order chi connectivity index (χ1) is 11.9. The molecule has 2 heterocycles. The van der Waals surface area contributed by atoms with E-state index in [2.05, 4.69) is 42.9 Å². The van der Waals surface area contributed by atoms with E-state index in [1.165, 1.54) is 0 Å². The zero-order valence-electron chi connectivity index (χ0n) is 15.4. The van der Waals surface area contributed by atoms with E-state index in [1.54, 1.807) is 6.20 Å². The summed E-state index contributed by atoms with van der Waals surface area (Å²) in [4.78, 5) is 19.7. The number of hydrogen-bond donors (Lipinski definition) is 1. The van der Waals surface area contributed by atoms with Gasteiger partial charge in [0.1, 0.15) is 0 Å². The number of ether oxygens (including phenoxy) is 1. The zero-order chi connectivity index (χ0) is 18.0. The highest BCUT2D eigenvalue weighted by molar-refractivity contribution is 5.96. The van der Waals surface area contributed by atoms with Gasteiger partial charge in [0, 0.05) is 18.5 Å². The molecule has 1 amide bonds. The Balaban J connectivity index is 1.78. The summed E-state index contributed by atoms with van der Waals surface area (Å²) in [6.45, 7) is 9.85. The maximum atomic E-state index is 13.0. The molecule has 0 saturated carbocycles. The van der Waals surface area contributed by atoms with Crippen molar-refractivity contribution in [1.82, 2.24) is 9.88 Å². The van der Waals surface area contributed by atoms with Gasteiger partial charge in [-0.05, 0) is 31.9 Å². The number of rotatable bonds is 4. The van der Waals surface area contributed by atoms with Gasteiger partial charge in [0.15, 0.2) is 0 Å². The Bertz CT molecular complexity index is 737. The number of para-hydroxylation sites is 1. The van der Waals surface area contributed by atoms with E-state index in [0.717, 1.165) is 29.7 Å². The Morgan fingerprint density at radius 3 is 2.60 bits per heavy atom. The number of nitrogens with one attached hydrogen (secondary N) is 1. The summed E-state index contributed by atoms with van der Waals surface area (Å²) in [5.41, 5.74) is 1.67. The number of nitrogens with zero attached hydrogens (tertiary/aromatic N) is 2. The highest BCUT2D eigenvalue weighted by Crippen LogP contribution is 2.21. The van der Waals surface area contributed by atoms with E-state index < -0.39 is 0 Å². The van der Waals surface area contributed by atoms with Crippen molar-refractivity contribution in [3.63, 3.8) is 0 Å². The van der Waals surface area contributed by atoms with Crippen molar-refractivity contribution in [2.24, 2.45) is 5.92 Å². The van der Waals surface area contributed by atoms with Crippen LogP contribution in [0.4, 0.5) is 5.69 Å². The van der Waals surface area contributed by atoms with E-state index >= 15 is 0 Å². The Kier molecular flexibility index (Phi) is 5.35. The Morgan fingerprint density at radius 2 is 1.92 bits per heavy atom. The molecule has 1 aromatic heterocycles. The van der Waals surface area contributed by atoms with Gasteiger partial charge < -0.3 is 10.1 Å². The van der Waals surface area contributed by atoms with Crippen molar-refractivity contribution in [2.75, 3.05) is 18.4 Å². The molecule has 2 aromatic rings. The van der Waals surface area contributed by atoms with Crippen LogP contribution in [-0.4, -0.2) is 47.1 Å². The van der Waals surface area contributed by atoms with Crippen molar-refractivity contribution in [2.45, 2.75) is 45.9 Å². The lowest BCUT2D eigenvalue weighted by molar-refractivity contribution is -0.130. The first-order valence-electron chi connectivity index (χ1n) is 8.99. The second-order valence-electron chi connectivity index (χ2n) is 7.31. The molecule has 0 spiro atoms. The van der Waals surface area contributed by atoms with E-state index in [0.29, 0.717) is 0 Å². The van der Waals surface area contributed by atoms with Gasteiger partial charge in [0.25, 0.3) is 0 Å². The molecule has 5 nitrogen and oxygen atoms in total. The number of amides is 1. The normalized spacial score (nSPS) is 22.9. The lowest BCUT2D eigenvalue weighted by atomic mass is 9.99. The third-order valence-electron chi connectivity index (χ3n) is 4.60. The van der Waals surface area contributed by atoms with Gasteiger partial charge in [-0.1, -0.05) is 32.0 Å². The maximum Gasteiger partial charge on any atom is 0.242 e. The molecule has 3 rings (SSSR count). The quantitative estimate of drug-likeness (QED) is 0.927. The molecule has 0 bridgehead atoms. The summed E-state index contributed by atoms with van der Waals surface area (Å²) in [5, 5.41) is 4.08. The molecular weight excluding hydrogens is 314 g/mol. The number of pyridine rings is 1. The molecule has 0 aliphatic carbocycles. The maximum absolute atomic E-state index is 13.0. The molecule has 1 aromatic carbocycles. The molecule has 1 fully saturated rings. The van der Waals surface area contributed by atoms with Crippen LogP contribution in [0.5, 0.6) is 0 Å². The fourth-order valence-corrected chi connectivity index (χ4v) is 3.69. The average molecular weight is 341 g/mol. The molecule has 3 atom stereocenters. The van der Waals surface area contributed by atoms with Gasteiger partial charge in [0.05, 0.1) is 35.7 Å². The minimum Gasteiger partial charge on any atom is -0.373 e. The van der Waals surface area contributed by atoms with Crippen LogP contribution in [0, 0.1) is 5.92 Å². The fourth-order valence-electron chi connectivity index (χ4n) is 3.69. The van der Waals surface area contributed by atoms with Crippen molar-refractivity contribution in [3.8, 4) is 0 Å². The topological polar surface area (TPSA) is 54.5 Å². The number of fused-ring (bicyclic) bond motifs is 1. The van der Waals surface area contributed by atoms with Crippen LogP contribution < -0.4 is 5.32 Å². The van der Waals surface area contributed by atoms with Gasteiger partial charge in [0.2, 0.25) is 5.91 Å². The van der Waals surface area contributed by atoms with Gasteiger partial charge in [-0.3, -0.25) is 14.7 Å². The SMILES string of the molecule is CC(C)[C@H](C(=O)Nc1cnc2ccccc2c1)N1C[C@@H](C)O[C@@H](C)C1. The molecular formula is C20H27N3O2. The first-order valence-corrected chi connectivity index (χ1v) is 8.99. The van der Waals surface area contributed by atoms with Crippen LogP contribution in [0.15, 0.2) is 36.5 Å². The van der Waals surface area contributed by atoms with E-state index in [9.17, 15) is 4.79 Å². The van der Waals surface area contributed by atoms with Crippen molar-refractivity contribution in [1.29, 1.82) is 0 Å². The molecule has 134 valence electrons. The van der Waals surface area contributed by atoms with Crippen LogP contribution in [0.1, 0.15) is 27.7 Å². The number of benzene rings is 1. The predicted octanol–water partition coefficient (Wildman–Crippen LogP) is 3.31. The summed E-state index contributed by atoms with van der Waals surface area (Å²) in [7, 11) is 0. The van der Waals surface area contributed by atoms with E-state index in [-0.39, 0.29) is 30.1 Å². The first kappa shape index (κ1) is 17.8. The lowest BCUT2D eigenvalue weighted by Gasteiger charge is -2.41. The molecule has 5 heteroatoms. The number of aromatic nitrogens is 1. The lowest BCUT2D eigenvalue weighted by Crippen LogP contribution is -2.55. The van der Waals surface area contributed by atoms with Crippen LogP contribution in [-0.2, 0) is 9.53 Å². The summed E-state index contributed by atoms with van der Waals surface area (Å²) in [6, 6.07) is 9.70. The second kappa shape index (κ2) is 7.50. The molecule has 1 aliphatic heterocycles. The molecule has 1 N–H and O–H groups in total. The van der Waals surface area contributed by atoms with E-state index in [4.69, 9.17) is 4.74 Å². The third kappa shape index (κ3) is 4.17. The second-order valence-corrected chi connectivity index (χ2v) is 7.31. The smallest absolute Gasteiger partial charge is 0.242 e. The van der Waals surface area contributed by atoms with Crippen LogP contribution >= 0.6 is 0 Å². The van der Waals surface area contributed by atoms with Crippen molar-refractivity contribution < 1.29 is 9.53 Å². The average Bonchev–Trinajstić information content (AvgIpc) is 2.53. The minimum atomic E-state index is -0.180. The van der Waals surface area contributed by atoms with Crippen LogP contribution in [0.2, 0.25) is 0 Å². The summed E-state index contributed by atoms with van der Waals surface area (Å²) in [6.07, 6.45) is 2.00. The largest absolute Gasteiger partial charge is 0.373 e.